The Bertz CT molecular complexity index is 310. The molecule has 0 aliphatic carbocycles. The van der Waals surface area contributed by atoms with Crippen molar-refractivity contribution < 1.29 is 9.90 Å². The molecule has 0 bridgehead atoms. The van der Waals surface area contributed by atoms with Crippen LogP contribution in [0.2, 0.25) is 0 Å². The molecule has 0 amide bonds. The molecular weight excluding hydrogens is 244 g/mol. The Kier molecular flexibility index (Phi) is 3.84. The van der Waals surface area contributed by atoms with Crippen molar-refractivity contribution in [3.63, 3.8) is 0 Å². The highest BCUT2D eigenvalue weighted by atomic mass is 79.9. The number of benzene rings is 1. The number of rotatable bonds is 4. The minimum Gasteiger partial charge on any atom is -0.384 e. The lowest BCUT2D eigenvalue weighted by Crippen LogP contribution is -2.30. The zero-order chi connectivity index (χ0) is 10.6. The van der Waals surface area contributed by atoms with Gasteiger partial charge in [0.25, 0.3) is 0 Å². The third-order valence-electron chi connectivity index (χ3n) is 2.07. The number of hydrogen-bond donors (Lipinski definition) is 1. The molecule has 0 saturated heterocycles. The highest BCUT2D eigenvalue weighted by Gasteiger charge is 2.29. The molecule has 14 heavy (non-hydrogen) atoms. The van der Waals surface area contributed by atoms with Crippen LogP contribution in [0.15, 0.2) is 30.3 Å². The summed E-state index contributed by atoms with van der Waals surface area (Å²) < 4.78 is 0. The van der Waals surface area contributed by atoms with Crippen LogP contribution in [0.3, 0.4) is 0 Å². The quantitative estimate of drug-likeness (QED) is 0.840. The van der Waals surface area contributed by atoms with Gasteiger partial charge in [-0.2, -0.15) is 0 Å². The normalized spacial score (nSPS) is 14.8. The fourth-order valence-corrected chi connectivity index (χ4v) is 1.91. The van der Waals surface area contributed by atoms with Crippen molar-refractivity contribution in [2.24, 2.45) is 0 Å². The number of halogens is 1. The summed E-state index contributed by atoms with van der Waals surface area (Å²) in [4.78, 5) is 11.0. The molecule has 3 heteroatoms. The maximum Gasteiger partial charge on any atom is 0.133 e. The number of alkyl halides is 1. The Balaban J connectivity index is 2.95. The van der Waals surface area contributed by atoms with E-state index in [-0.39, 0.29) is 12.2 Å². The molecule has 0 radical (unpaired) electrons. The van der Waals surface area contributed by atoms with Gasteiger partial charge < -0.3 is 5.11 Å². The van der Waals surface area contributed by atoms with Crippen LogP contribution in [0.1, 0.15) is 18.9 Å². The summed E-state index contributed by atoms with van der Waals surface area (Å²) >= 11 is 3.23. The molecule has 1 rings (SSSR count). The molecule has 0 aromatic heterocycles. The Labute approximate surface area is 92.1 Å². The van der Waals surface area contributed by atoms with Gasteiger partial charge in [0, 0.05) is 11.8 Å². The number of aliphatic hydroxyl groups is 1. The molecule has 1 unspecified atom stereocenters. The van der Waals surface area contributed by atoms with Crippen LogP contribution < -0.4 is 0 Å². The lowest BCUT2D eigenvalue weighted by atomic mass is 9.91. The van der Waals surface area contributed by atoms with E-state index >= 15 is 0 Å². The van der Waals surface area contributed by atoms with Gasteiger partial charge in [-0.3, -0.25) is 4.79 Å². The molecule has 2 nitrogen and oxygen atoms in total. The highest BCUT2D eigenvalue weighted by molar-refractivity contribution is 9.09. The van der Waals surface area contributed by atoms with Crippen LogP contribution >= 0.6 is 15.9 Å². The molecule has 0 spiro atoms. The van der Waals surface area contributed by atoms with Gasteiger partial charge in [0.1, 0.15) is 11.4 Å². The van der Waals surface area contributed by atoms with E-state index in [1.807, 2.05) is 30.3 Å². The number of Topliss-reactive ketones (excluding diaryl/α,β-unsaturated/α-hetero) is 1. The summed E-state index contributed by atoms with van der Waals surface area (Å²) in [6, 6.07) is 9.23. The van der Waals surface area contributed by atoms with Crippen molar-refractivity contribution >= 4 is 21.7 Å². The van der Waals surface area contributed by atoms with Gasteiger partial charge in [0.05, 0.1) is 0 Å². The molecule has 0 heterocycles. The molecule has 76 valence electrons. The fourth-order valence-electron chi connectivity index (χ4n) is 1.39. The van der Waals surface area contributed by atoms with Crippen LogP contribution in [-0.2, 0) is 10.4 Å². The molecule has 1 aromatic rings. The first-order chi connectivity index (χ1) is 6.58. The molecule has 0 aliphatic rings. The molecule has 1 aromatic carbocycles. The maximum atomic E-state index is 11.0. The number of carbonyl (C=O) groups excluding carboxylic acids is 1. The first-order valence-corrected chi connectivity index (χ1v) is 5.54. The minimum atomic E-state index is -1.08. The summed E-state index contributed by atoms with van der Waals surface area (Å²) in [5.74, 6) is -0.0178. The average molecular weight is 257 g/mol. The third kappa shape index (κ3) is 2.66. The van der Waals surface area contributed by atoms with Crippen molar-refractivity contribution in [1.29, 1.82) is 0 Å². The lowest BCUT2D eigenvalue weighted by Gasteiger charge is -2.25. The largest absolute Gasteiger partial charge is 0.384 e. The van der Waals surface area contributed by atoms with E-state index < -0.39 is 5.60 Å². The number of carbonyl (C=O) groups is 1. The Morgan fingerprint density at radius 2 is 2.00 bits per heavy atom. The topological polar surface area (TPSA) is 37.3 Å². The second kappa shape index (κ2) is 4.71. The van der Waals surface area contributed by atoms with Crippen LogP contribution in [0.25, 0.3) is 0 Å². The number of ketones is 1. The van der Waals surface area contributed by atoms with Crippen LogP contribution in [0.5, 0.6) is 0 Å². The fraction of sp³-hybridized carbons (Fsp3) is 0.364. The van der Waals surface area contributed by atoms with Gasteiger partial charge in [-0.25, -0.2) is 0 Å². The van der Waals surface area contributed by atoms with E-state index in [4.69, 9.17) is 0 Å². The zero-order valence-corrected chi connectivity index (χ0v) is 9.62. The summed E-state index contributed by atoms with van der Waals surface area (Å²) in [5, 5.41) is 10.6. The molecule has 1 N–H and O–H groups in total. The van der Waals surface area contributed by atoms with E-state index in [2.05, 4.69) is 15.9 Å². The molecular formula is C11H13BrO2. The van der Waals surface area contributed by atoms with Crippen LogP contribution in [0.4, 0.5) is 0 Å². The SMILES string of the molecule is CC(=O)CC(O)(CBr)c1ccccc1. The van der Waals surface area contributed by atoms with Crippen molar-refractivity contribution in [2.45, 2.75) is 18.9 Å². The summed E-state index contributed by atoms with van der Waals surface area (Å²) in [6.07, 6.45) is 0.141. The van der Waals surface area contributed by atoms with E-state index in [1.165, 1.54) is 6.92 Å². The third-order valence-corrected chi connectivity index (χ3v) is 3.00. The first kappa shape index (κ1) is 11.4. The van der Waals surface area contributed by atoms with Crippen molar-refractivity contribution in [3.8, 4) is 0 Å². The smallest absolute Gasteiger partial charge is 0.133 e. The Morgan fingerprint density at radius 3 is 2.43 bits per heavy atom. The summed E-state index contributed by atoms with van der Waals surface area (Å²) in [7, 11) is 0. The van der Waals surface area contributed by atoms with Gasteiger partial charge in [0.2, 0.25) is 0 Å². The van der Waals surface area contributed by atoms with E-state index in [0.29, 0.717) is 5.33 Å². The predicted molar refractivity (Wildman–Crippen MR) is 59.4 cm³/mol. The molecule has 1 atom stereocenters. The monoisotopic (exact) mass is 256 g/mol. The van der Waals surface area contributed by atoms with Crippen LogP contribution in [-0.4, -0.2) is 16.2 Å². The van der Waals surface area contributed by atoms with E-state index in [9.17, 15) is 9.90 Å². The van der Waals surface area contributed by atoms with Gasteiger partial charge in [-0.1, -0.05) is 46.3 Å². The van der Waals surface area contributed by atoms with E-state index in [0.717, 1.165) is 5.56 Å². The molecule has 0 aliphatic heterocycles. The van der Waals surface area contributed by atoms with Crippen LogP contribution in [0, 0.1) is 0 Å². The summed E-state index contributed by atoms with van der Waals surface area (Å²) in [5.41, 5.74) is -0.306. The van der Waals surface area contributed by atoms with Crippen molar-refractivity contribution in [3.05, 3.63) is 35.9 Å². The van der Waals surface area contributed by atoms with Crippen molar-refractivity contribution in [2.75, 3.05) is 5.33 Å². The average Bonchev–Trinajstić information content (AvgIpc) is 2.18. The van der Waals surface area contributed by atoms with Gasteiger partial charge in [0.15, 0.2) is 0 Å². The second-order valence-electron chi connectivity index (χ2n) is 3.41. The predicted octanol–water partition coefficient (Wildman–Crippen LogP) is 2.25. The van der Waals surface area contributed by atoms with Gasteiger partial charge in [-0.15, -0.1) is 0 Å². The maximum absolute atomic E-state index is 11.0. The molecule has 0 saturated carbocycles. The Hall–Kier alpha value is -0.670. The minimum absolute atomic E-state index is 0.0178. The summed E-state index contributed by atoms with van der Waals surface area (Å²) in [6.45, 7) is 1.48. The van der Waals surface area contributed by atoms with Gasteiger partial charge in [-0.05, 0) is 12.5 Å². The van der Waals surface area contributed by atoms with E-state index in [1.54, 1.807) is 0 Å². The number of hydrogen-bond acceptors (Lipinski definition) is 2. The second-order valence-corrected chi connectivity index (χ2v) is 3.97. The molecule has 0 fully saturated rings. The highest BCUT2D eigenvalue weighted by Crippen LogP contribution is 2.27. The Morgan fingerprint density at radius 1 is 1.43 bits per heavy atom. The standard InChI is InChI=1S/C11H13BrO2/c1-9(13)7-11(14,8-12)10-5-3-2-4-6-10/h2-6,14H,7-8H2,1H3. The lowest BCUT2D eigenvalue weighted by molar-refractivity contribution is -0.121. The van der Waals surface area contributed by atoms with Gasteiger partial charge >= 0.3 is 0 Å². The zero-order valence-electron chi connectivity index (χ0n) is 8.03. The first-order valence-electron chi connectivity index (χ1n) is 4.42. The van der Waals surface area contributed by atoms with Crippen molar-refractivity contribution in [1.82, 2.24) is 0 Å².